The Labute approximate surface area is 472 Å². The quantitative estimate of drug-likeness (QED) is 0.0507. The van der Waals surface area contributed by atoms with Crippen molar-refractivity contribution in [3.8, 4) is 23.0 Å². The molecule has 0 bridgehead atoms. The fourth-order valence-corrected chi connectivity index (χ4v) is 7.89. The molecular weight excluding hydrogens is 1490 g/mol. The van der Waals surface area contributed by atoms with Crippen molar-refractivity contribution in [1.82, 2.24) is 0 Å². The molecule has 0 heterocycles. The second-order valence-electron chi connectivity index (χ2n) is 16.5. The Morgan fingerprint density at radius 3 is 1.68 bits per heavy atom. The molecule has 0 saturated carbocycles. The van der Waals surface area contributed by atoms with Crippen LogP contribution in [0.1, 0.15) is 163 Å². The van der Waals surface area contributed by atoms with Gasteiger partial charge in [-0.15, -0.1) is 0 Å². The average Bonchev–Trinajstić information content (AvgIpc) is 3.18. The molecule has 1 radical (unpaired) electrons. The van der Waals surface area contributed by atoms with Crippen LogP contribution in [-0.2, 0) is 25.0 Å². The molecule has 5 nitrogen and oxygen atoms in total. The van der Waals surface area contributed by atoms with Crippen LogP contribution in [-0.4, -0.2) is 33.5 Å². The molecule has 2 aliphatic carbocycles. The molecule has 62 heavy (non-hydrogen) atoms. The van der Waals surface area contributed by atoms with E-state index in [0.29, 0.717) is 17.4 Å². The number of allylic oxidation sites excluding steroid dienone is 5. The van der Waals surface area contributed by atoms with Crippen LogP contribution in [0.15, 0.2) is 54.2 Å². The van der Waals surface area contributed by atoms with Crippen LogP contribution in [0.3, 0.4) is 0 Å². The Morgan fingerprint density at radius 2 is 1.29 bits per heavy atom. The number of rotatable bonds is 11. The van der Waals surface area contributed by atoms with E-state index in [1.807, 2.05) is 70.2 Å². The van der Waals surface area contributed by atoms with Crippen molar-refractivity contribution in [2.24, 2.45) is 11.8 Å². The van der Waals surface area contributed by atoms with Gasteiger partial charge in [0.15, 0.2) is 0 Å². The summed E-state index contributed by atoms with van der Waals surface area (Å²) in [5.74, 6) is 2.02. The molecule has 2 aromatic carbocycles. The van der Waals surface area contributed by atoms with Crippen LogP contribution in [0.25, 0.3) is 0 Å². The van der Waals surface area contributed by atoms with E-state index in [1.165, 1.54) is 32.5 Å². The SMILES string of the molecule is C=C(C)C1C=CC(C)(O)CC1.C=C(C)C1CCC(C)=CC1c1c(O)c(C)c(C(C)CCCC)c(C)c1O.CCCCCc1c(C)c(O)cc(O)c1C.IC(I)I.ICI.[CH2-]I.[V]. The van der Waals surface area contributed by atoms with Gasteiger partial charge in [0.05, 0.1) is 8.04 Å². The number of halogens is 6. The molecule has 0 spiro atoms. The summed E-state index contributed by atoms with van der Waals surface area (Å²) in [6, 6.07) is 1.42. The molecular formula is C50H77I6O5V-. The van der Waals surface area contributed by atoms with Gasteiger partial charge in [-0.2, -0.15) is 0 Å². The predicted molar refractivity (Wildman–Crippen MR) is 319 cm³/mol. The van der Waals surface area contributed by atoms with Crippen molar-refractivity contribution in [3.05, 3.63) is 98.0 Å². The molecule has 0 fully saturated rings. The smallest absolute Gasteiger partial charge is 0.126 e. The summed E-state index contributed by atoms with van der Waals surface area (Å²) in [7, 11) is 0. The standard InChI is InChI=1S/C24H36O2.C13H20O2.C10H16O.CHI3.CH2I2.CH2I.V/c1-8-9-10-16(5)21-17(6)23(25)22(24(26)18(21)7)20-13-15(4)11-12-19(20)14(2)3;1-4-5-6-7-11-9(2)12(14)8-13(15)10(11)3;1-8(2)9-4-6-10(3,11)7-5-9;2-1(3)4;2-1-3;1-2;/h13,16,19-20,25-26H,2,8-12H2,1,3-7H3;8,14-15H,4-7H2,1-3H3;4,6,9,11H,1,5,7H2,2-3H3;1H;1H2;1H2;/q;;;;;-1;. The minimum Gasteiger partial charge on any atom is -0.508 e. The van der Waals surface area contributed by atoms with E-state index in [-0.39, 0.29) is 53.4 Å². The largest absolute Gasteiger partial charge is 0.508 e. The van der Waals surface area contributed by atoms with Gasteiger partial charge in [0.2, 0.25) is 0 Å². The molecule has 2 aromatic rings. The minimum atomic E-state index is -0.577. The molecule has 0 saturated heterocycles. The number of hydrogen-bond donors (Lipinski definition) is 5. The fourth-order valence-electron chi connectivity index (χ4n) is 7.89. The molecule has 355 valence electrons. The topological polar surface area (TPSA) is 101 Å². The molecule has 0 aliphatic heterocycles. The number of aromatic hydroxyl groups is 4. The first kappa shape index (κ1) is 67.8. The first-order chi connectivity index (χ1) is 28.4. The molecule has 0 aromatic heterocycles. The third-order valence-electron chi connectivity index (χ3n) is 11.5. The average molecular weight is 1570 g/mol. The maximum Gasteiger partial charge on any atom is 0.126 e. The van der Waals surface area contributed by atoms with Gasteiger partial charge in [-0.3, -0.25) is 4.93 Å². The van der Waals surface area contributed by atoms with E-state index in [0.717, 1.165) is 96.7 Å². The molecule has 12 heteroatoms. The van der Waals surface area contributed by atoms with Gasteiger partial charge < -0.3 is 48.1 Å². The van der Waals surface area contributed by atoms with Crippen LogP contribution in [0.4, 0.5) is 0 Å². The van der Waals surface area contributed by atoms with Gasteiger partial charge in [-0.1, -0.05) is 208 Å². The zero-order chi connectivity index (χ0) is 47.8. The monoisotopic (exact) mass is 1570 g/mol. The van der Waals surface area contributed by atoms with E-state index >= 15 is 0 Å². The number of alkyl halides is 5. The van der Waals surface area contributed by atoms with E-state index in [1.54, 1.807) is 0 Å². The molecule has 5 unspecified atom stereocenters. The van der Waals surface area contributed by atoms with Gasteiger partial charge >= 0.3 is 0 Å². The Morgan fingerprint density at radius 1 is 0.823 bits per heavy atom. The maximum absolute atomic E-state index is 11.1. The van der Waals surface area contributed by atoms with Crippen LogP contribution < -0.4 is 0 Å². The van der Waals surface area contributed by atoms with Crippen molar-refractivity contribution in [2.45, 2.75) is 164 Å². The summed E-state index contributed by atoms with van der Waals surface area (Å²) in [4.78, 5) is 3.22. The van der Waals surface area contributed by atoms with Crippen molar-refractivity contribution < 1.29 is 44.1 Å². The number of phenols is 4. The van der Waals surface area contributed by atoms with Crippen molar-refractivity contribution in [1.29, 1.82) is 0 Å². The summed E-state index contributed by atoms with van der Waals surface area (Å²) in [6.07, 6.45) is 17.9. The molecule has 5 N–H and O–H groups in total. The first-order valence-corrected chi connectivity index (χ1v) is 29.5. The third-order valence-corrected chi connectivity index (χ3v) is 11.5. The van der Waals surface area contributed by atoms with E-state index in [9.17, 15) is 25.5 Å². The zero-order valence-corrected chi connectivity index (χ0v) is 53.6. The predicted octanol–water partition coefficient (Wildman–Crippen LogP) is 18.4. The number of phenolic OH excluding ortho intramolecular Hbond substituents is 4. The Hall–Kier alpha value is 1.52. The molecule has 0 amide bonds. The number of unbranched alkanes of at least 4 members (excludes halogenated alkanes) is 3. The van der Waals surface area contributed by atoms with E-state index < -0.39 is 5.60 Å². The summed E-state index contributed by atoms with van der Waals surface area (Å²) in [6.45, 7) is 30.5. The van der Waals surface area contributed by atoms with E-state index in [4.69, 9.17) is 0 Å². The van der Waals surface area contributed by atoms with Gasteiger partial charge in [0.1, 0.15) is 22.9 Å². The number of benzene rings is 2. The Kier molecular flexibility index (Phi) is 39.9. The maximum atomic E-state index is 11.1. The summed E-state index contributed by atoms with van der Waals surface area (Å²) >= 11 is 13.4. The Bertz CT molecular complexity index is 1630. The second-order valence-corrected chi connectivity index (χ2v) is 31.8. The van der Waals surface area contributed by atoms with Crippen LogP contribution in [0, 0.1) is 44.5 Å². The Balaban J connectivity index is -0.000000818. The first-order valence-electron chi connectivity index (χ1n) is 21.2. The van der Waals surface area contributed by atoms with Crippen LogP contribution in [0.2, 0.25) is 0 Å². The minimum absolute atomic E-state index is 0. The van der Waals surface area contributed by atoms with E-state index in [2.05, 4.69) is 178 Å². The van der Waals surface area contributed by atoms with Gasteiger partial charge in [0, 0.05) is 36.1 Å². The van der Waals surface area contributed by atoms with Crippen LogP contribution in [0.5, 0.6) is 23.0 Å². The molecule has 5 atom stereocenters. The van der Waals surface area contributed by atoms with Crippen molar-refractivity contribution in [2.75, 3.05) is 2.43 Å². The normalized spacial score (nSPS) is 19.1. The fraction of sp³-hybridized carbons (Fsp3) is 0.580. The van der Waals surface area contributed by atoms with Gasteiger partial charge in [-0.05, 0) is 151 Å². The van der Waals surface area contributed by atoms with Gasteiger partial charge in [-0.25, -0.2) is 0 Å². The molecule has 4 rings (SSSR count). The number of hydrogen-bond acceptors (Lipinski definition) is 5. The summed E-state index contributed by atoms with van der Waals surface area (Å²) in [5.41, 5.74) is 9.62. The second kappa shape index (κ2) is 36.5. The van der Waals surface area contributed by atoms with Crippen molar-refractivity contribution >= 4 is 136 Å². The molecule has 2 aliphatic rings. The number of aliphatic hydroxyl groups is 1. The van der Waals surface area contributed by atoms with Gasteiger partial charge in [0.25, 0.3) is 0 Å². The zero-order valence-electron chi connectivity index (χ0n) is 39.3. The summed E-state index contributed by atoms with van der Waals surface area (Å²) in [5, 5.41) is 50.9. The van der Waals surface area contributed by atoms with Crippen molar-refractivity contribution in [3.63, 3.8) is 0 Å². The third kappa shape index (κ3) is 24.7. The van der Waals surface area contributed by atoms with Crippen LogP contribution >= 0.6 is 136 Å². The summed E-state index contributed by atoms with van der Waals surface area (Å²) < 4.78 is 1.93.